The molecule has 92 valence electrons. The van der Waals surface area contributed by atoms with Crippen LogP contribution in [0.2, 0.25) is 0 Å². The molecule has 0 aliphatic carbocycles. The van der Waals surface area contributed by atoms with Crippen molar-refractivity contribution in [3.8, 4) is 0 Å². The Morgan fingerprint density at radius 3 is 2.88 bits per heavy atom. The lowest BCUT2D eigenvalue weighted by Gasteiger charge is -2.25. The maximum absolute atomic E-state index is 13.7. The van der Waals surface area contributed by atoms with Crippen LogP contribution in [0.25, 0.3) is 0 Å². The maximum Gasteiger partial charge on any atom is 0.128 e. The summed E-state index contributed by atoms with van der Waals surface area (Å²) in [5.41, 5.74) is 6.53. The molecule has 17 heavy (non-hydrogen) atoms. The first-order valence-corrected chi connectivity index (χ1v) is 7.51. The van der Waals surface area contributed by atoms with Gasteiger partial charge in [-0.1, -0.05) is 15.9 Å². The zero-order chi connectivity index (χ0) is 12.4. The summed E-state index contributed by atoms with van der Waals surface area (Å²) in [4.78, 5) is 4.42. The molecule has 0 bridgehead atoms. The topological polar surface area (TPSA) is 38.4 Å². The third-order valence-electron chi connectivity index (χ3n) is 2.94. The van der Waals surface area contributed by atoms with Gasteiger partial charge in [0, 0.05) is 10.0 Å². The summed E-state index contributed by atoms with van der Waals surface area (Å²) in [6.45, 7) is 0. The molecule has 1 aromatic rings. The smallest absolute Gasteiger partial charge is 0.128 e. The molecule has 0 saturated heterocycles. The third-order valence-corrected chi connectivity index (χ3v) is 4.48. The molecule has 1 unspecified atom stereocenters. The molecule has 0 radical (unpaired) electrons. The summed E-state index contributed by atoms with van der Waals surface area (Å²) >= 11 is 5.05. The molecule has 5 heteroatoms. The fourth-order valence-electron chi connectivity index (χ4n) is 2.02. The van der Waals surface area contributed by atoms with Crippen LogP contribution in [0.3, 0.4) is 0 Å². The maximum atomic E-state index is 13.7. The molecule has 1 heterocycles. The largest absolute Gasteiger partial charge is 0.387 e. The Morgan fingerprint density at radius 1 is 1.47 bits per heavy atom. The number of rotatable bonds is 2. The van der Waals surface area contributed by atoms with Gasteiger partial charge < -0.3 is 5.73 Å². The van der Waals surface area contributed by atoms with E-state index in [0.717, 1.165) is 17.3 Å². The van der Waals surface area contributed by atoms with Gasteiger partial charge in [0.15, 0.2) is 0 Å². The minimum Gasteiger partial charge on any atom is -0.387 e. The summed E-state index contributed by atoms with van der Waals surface area (Å²) < 4.78 is 14.6. The first-order valence-electron chi connectivity index (χ1n) is 5.42. The molecule has 2 atom stereocenters. The summed E-state index contributed by atoms with van der Waals surface area (Å²) in [7, 11) is 0. The Morgan fingerprint density at radius 2 is 2.24 bits per heavy atom. The average Bonchev–Trinajstić information content (AvgIpc) is 2.32. The molecule has 2 nitrogen and oxygen atoms in total. The van der Waals surface area contributed by atoms with Gasteiger partial charge in [-0.25, -0.2) is 4.39 Å². The van der Waals surface area contributed by atoms with Crippen molar-refractivity contribution in [1.82, 2.24) is 0 Å². The molecule has 1 aromatic carbocycles. The van der Waals surface area contributed by atoms with E-state index in [9.17, 15) is 4.39 Å². The van der Waals surface area contributed by atoms with E-state index in [-0.39, 0.29) is 17.1 Å². The fraction of sp³-hybridized carbons (Fsp3) is 0.417. The van der Waals surface area contributed by atoms with Gasteiger partial charge in [0.1, 0.15) is 11.7 Å². The zero-order valence-corrected chi connectivity index (χ0v) is 11.9. The van der Waals surface area contributed by atoms with Crippen molar-refractivity contribution in [2.75, 3.05) is 6.26 Å². The van der Waals surface area contributed by atoms with Gasteiger partial charge in [-0.2, -0.15) is 11.8 Å². The van der Waals surface area contributed by atoms with Gasteiger partial charge in [-0.05, 0) is 37.3 Å². The van der Waals surface area contributed by atoms with E-state index in [0.29, 0.717) is 11.4 Å². The highest BCUT2D eigenvalue weighted by molar-refractivity contribution is 9.10. The van der Waals surface area contributed by atoms with E-state index in [2.05, 4.69) is 20.9 Å². The molecule has 0 fully saturated rings. The second-order valence-electron chi connectivity index (χ2n) is 4.04. The molecule has 2 N–H and O–H groups in total. The van der Waals surface area contributed by atoms with E-state index in [1.165, 1.54) is 6.07 Å². The van der Waals surface area contributed by atoms with E-state index in [4.69, 9.17) is 5.73 Å². The number of benzene rings is 1. The summed E-state index contributed by atoms with van der Waals surface area (Å²) in [5.74, 6) is 0.422. The van der Waals surface area contributed by atoms with Gasteiger partial charge in [0.2, 0.25) is 0 Å². The lowest BCUT2D eigenvalue weighted by molar-refractivity contribution is 0.544. The molecule has 2 rings (SSSR count). The molecule has 0 amide bonds. The monoisotopic (exact) mass is 316 g/mol. The van der Waals surface area contributed by atoms with Gasteiger partial charge in [-0.3, -0.25) is 4.99 Å². The highest BCUT2D eigenvalue weighted by Crippen LogP contribution is 2.33. The standard InChI is InChI=1S/C12H14BrFN2S/c1-17-11-5-4-10(16-12(11)15)8-6-7(13)2-3-9(8)14/h2-3,6,10-11H,4-5H2,1H3,(H2,15,16)/t10?,11-/m0/s1. The molecule has 0 spiro atoms. The Labute approximate surface area is 113 Å². The van der Waals surface area contributed by atoms with Crippen molar-refractivity contribution in [3.63, 3.8) is 0 Å². The predicted molar refractivity (Wildman–Crippen MR) is 75.0 cm³/mol. The lowest BCUT2D eigenvalue weighted by atomic mass is 9.98. The molecule has 0 saturated carbocycles. The molecule has 0 aromatic heterocycles. The van der Waals surface area contributed by atoms with Crippen LogP contribution < -0.4 is 5.73 Å². The SMILES string of the molecule is CS[C@H]1CCC(c2cc(Br)ccc2F)N=C1N. The van der Waals surface area contributed by atoms with E-state index < -0.39 is 0 Å². The fourth-order valence-corrected chi connectivity index (χ4v) is 3.07. The zero-order valence-electron chi connectivity index (χ0n) is 9.49. The minimum absolute atomic E-state index is 0.143. The van der Waals surface area contributed by atoms with Crippen LogP contribution in [0.4, 0.5) is 4.39 Å². The Kier molecular flexibility index (Phi) is 4.09. The summed E-state index contributed by atoms with van der Waals surface area (Å²) in [6, 6.07) is 4.80. The van der Waals surface area contributed by atoms with Crippen molar-refractivity contribution in [2.24, 2.45) is 10.7 Å². The molecule has 1 aliphatic heterocycles. The van der Waals surface area contributed by atoms with Gasteiger partial charge in [0.05, 0.1) is 11.3 Å². The van der Waals surface area contributed by atoms with E-state index >= 15 is 0 Å². The second-order valence-corrected chi connectivity index (χ2v) is 5.99. The minimum atomic E-state index is -0.211. The third kappa shape index (κ3) is 2.83. The number of nitrogens with zero attached hydrogens (tertiary/aromatic N) is 1. The first-order chi connectivity index (χ1) is 8.11. The van der Waals surface area contributed by atoms with Crippen molar-refractivity contribution in [2.45, 2.75) is 24.1 Å². The predicted octanol–water partition coefficient (Wildman–Crippen LogP) is 3.51. The quantitative estimate of drug-likeness (QED) is 0.906. The summed E-state index contributed by atoms with van der Waals surface area (Å²) in [6.07, 6.45) is 3.82. The highest BCUT2D eigenvalue weighted by Gasteiger charge is 2.24. The Balaban J connectivity index is 2.30. The van der Waals surface area contributed by atoms with Crippen molar-refractivity contribution < 1.29 is 4.39 Å². The molecular weight excluding hydrogens is 303 g/mol. The van der Waals surface area contributed by atoms with Crippen LogP contribution >= 0.6 is 27.7 Å². The molecule has 1 aliphatic rings. The van der Waals surface area contributed by atoms with Gasteiger partial charge in [-0.15, -0.1) is 0 Å². The number of hydrogen-bond acceptors (Lipinski definition) is 3. The van der Waals surface area contributed by atoms with Gasteiger partial charge in [0.25, 0.3) is 0 Å². The van der Waals surface area contributed by atoms with Crippen molar-refractivity contribution in [3.05, 3.63) is 34.1 Å². The average molecular weight is 317 g/mol. The summed E-state index contributed by atoms with van der Waals surface area (Å²) in [5, 5.41) is 0.279. The van der Waals surface area contributed by atoms with Crippen LogP contribution in [0, 0.1) is 5.82 Å². The number of amidine groups is 1. The van der Waals surface area contributed by atoms with Gasteiger partial charge >= 0.3 is 0 Å². The lowest BCUT2D eigenvalue weighted by Crippen LogP contribution is -2.30. The van der Waals surface area contributed by atoms with Crippen molar-refractivity contribution in [1.29, 1.82) is 0 Å². The first kappa shape index (κ1) is 12.9. The van der Waals surface area contributed by atoms with Crippen LogP contribution in [-0.2, 0) is 0 Å². The number of aliphatic imine (C=N–C) groups is 1. The van der Waals surface area contributed by atoms with Crippen LogP contribution in [0.5, 0.6) is 0 Å². The van der Waals surface area contributed by atoms with E-state index in [1.807, 2.05) is 6.26 Å². The highest BCUT2D eigenvalue weighted by atomic mass is 79.9. The van der Waals surface area contributed by atoms with Crippen LogP contribution in [0.1, 0.15) is 24.4 Å². The number of hydrogen-bond donors (Lipinski definition) is 1. The van der Waals surface area contributed by atoms with Crippen LogP contribution in [0.15, 0.2) is 27.7 Å². The second kappa shape index (κ2) is 5.40. The van der Waals surface area contributed by atoms with E-state index in [1.54, 1.807) is 23.9 Å². The normalized spacial score (nSPS) is 24.5. The number of nitrogens with two attached hydrogens (primary N) is 1. The number of halogens is 2. The number of thioether (sulfide) groups is 1. The van der Waals surface area contributed by atoms with Crippen LogP contribution in [-0.4, -0.2) is 17.3 Å². The Hall–Kier alpha value is -0.550. The van der Waals surface area contributed by atoms with Crippen molar-refractivity contribution >= 4 is 33.5 Å². The molecular formula is C12H14BrFN2S. The Bertz CT molecular complexity index is 450.